The number of benzene rings is 2. The second kappa shape index (κ2) is 7.47. The van der Waals surface area contributed by atoms with E-state index < -0.39 is 5.91 Å². The summed E-state index contributed by atoms with van der Waals surface area (Å²) in [5.41, 5.74) is 2.34. The van der Waals surface area contributed by atoms with Gasteiger partial charge in [-0.15, -0.1) is 0 Å². The topological polar surface area (TPSA) is 58.6 Å². The largest absolute Gasteiger partial charge is 0.494 e. The normalized spacial score (nSPS) is 12.7. The fourth-order valence-corrected chi connectivity index (χ4v) is 4.02. The van der Waals surface area contributed by atoms with Gasteiger partial charge in [0.2, 0.25) is 5.91 Å². The van der Waals surface area contributed by atoms with Crippen LogP contribution in [-0.2, 0) is 11.2 Å². The molecule has 1 heterocycles. The summed E-state index contributed by atoms with van der Waals surface area (Å²) in [6.45, 7) is 2.07. The highest BCUT2D eigenvalue weighted by Crippen LogP contribution is 2.40. The van der Waals surface area contributed by atoms with Gasteiger partial charge in [-0.1, -0.05) is 39.1 Å². The zero-order valence-corrected chi connectivity index (χ0v) is 17.1. The maximum atomic E-state index is 12.9. The van der Waals surface area contributed by atoms with Crippen LogP contribution >= 0.6 is 39.1 Å². The number of carbonyl (C=O) groups is 2. The summed E-state index contributed by atoms with van der Waals surface area (Å²) in [5.74, 6) is -0.350. The smallest absolute Gasteiger partial charge is 0.261 e. The maximum Gasteiger partial charge on any atom is 0.261 e. The Morgan fingerprint density at radius 3 is 2.58 bits per heavy atom. The zero-order valence-electron chi connectivity index (χ0n) is 14.0. The maximum absolute atomic E-state index is 12.9. The number of anilines is 2. The Morgan fingerprint density at radius 1 is 1.23 bits per heavy atom. The molecule has 0 radical (unpaired) electrons. The van der Waals surface area contributed by atoms with Gasteiger partial charge >= 0.3 is 0 Å². The second-order valence-corrected chi connectivity index (χ2v) is 7.50. The number of rotatable bonds is 3. The summed E-state index contributed by atoms with van der Waals surface area (Å²) in [4.78, 5) is 26.5. The van der Waals surface area contributed by atoms with E-state index in [0.29, 0.717) is 17.9 Å². The van der Waals surface area contributed by atoms with E-state index in [2.05, 4.69) is 21.2 Å². The Morgan fingerprint density at radius 2 is 1.92 bits per heavy atom. The third kappa shape index (κ3) is 3.41. The second-order valence-electron chi connectivity index (χ2n) is 5.77. The first kappa shape index (κ1) is 19.0. The molecule has 1 aliphatic rings. The van der Waals surface area contributed by atoms with Gasteiger partial charge in [0.1, 0.15) is 5.56 Å². The number of hydrogen-bond donors (Lipinski definition) is 1. The van der Waals surface area contributed by atoms with Crippen molar-refractivity contribution >= 4 is 62.3 Å². The van der Waals surface area contributed by atoms with E-state index in [0.717, 1.165) is 16.5 Å². The Kier molecular flexibility index (Phi) is 5.46. The van der Waals surface area contributed by atoms with Gasteiger partial charge in [0, 0.05) is 17.9 Å². The van der Waals surface area contributed by atoms with Gasteiger partial charge in [0.05, 0.1) is 28.5 Å². The standard InChI is InChI=1S/C18H15BrCl2N2O3/c1-9(24)23-6-5-10-7-11(19)8-14(16(10)23)22-18(25)15-12(20)3-4-13(21)17(15)26-2/h3-4,7-8H,5-6H2,1-2H3,(H,22,25). The van der Waals surface area contributed by atoms with Crippen LogP contribution in [0.25, 0.3) is 0 Å². The van der Waals surface area contributed by atoms with Crippen LogP contribution in [0, 0.1) is 0 Å². The third-order valence-corrected chi connectivity index (χ3v) is 5.22. The molecule has 1 aliphatic heterocycles. The Labute approximate surface area is 169 Å². The first-order chi connectivity index (χ1) is 12.3. The minimum atomic E-state index is -0.468. The molecule has 0 aliphatic carbocycles. The van der Waals surface area contributed by atoms with Gasteiger partial charge in [-0.3, -0.25) is 9.59 Å². The summed E-state index contributed by atoms with van der Waals surface area (Å²) < 4.78 is 6.05. The predicted molar refractivity (Wildman–Crippen MR) is 107 cm³/mol. The molecule has 2 aromatic carbocycles. The number of methoxy groups -OCH3 is 1. The lowest BCUT2D eigenvalue weighted by molar-refractivity contribution is -0.116. The number of halogens is 3. The molecule has 0 atom stereocenters. The fraction of sp³-hybridized carbons (Fsp3) is 0.222. The van der Waals surface area contributed by atoms with Crippen LogP contribution in [0.4, 0.5) is 11.4 Å². The molecule has 0 bridgehead atoms. The summed E-state index contributed by atoms with van der Waals surface area (Å²) in [6, 6.07) is 6.80. The van der Waals surface area contributed by atoms with E-state index in [9.17, 15) is 9.59 Å². The summed E-state index contributed by atoms with van der Waals surface area (Å²) in [7, 11) is 1.42. The number of nitrogens with zero attached hydrogens (tertiary/aromatic N) is 1. The molecular formula is C18H15BrCl2N2O3. The van der Waals surface area contributed by atoms with Gasteiger partial charge in [-0.25, -0.2) is 0 Å². The number of carbonyl (C=O) groups excluding carboxylic acids is 2. The average molecular weight is 458 g/mol. The van der Waals surface area contributed by atoms with E-state index in [4.69, 9.17) is 27.9 Å². The molecule has 2 amide bonds. The van der Waals surface area contributed by atoms with Crippen molar-refractivity contribution in [3.05, 3.63) is 49.9 Å². The van der Waals surface area contributed by atoms with Crippen molar-refractivity contribution in [2.24, 2.45) is 0 Å². The van der Waals surface area contributed by atoms with Crippen LogP contribution in [0.15, 0.2) is 28.7 Å². The highest BCUT2D eigenvalue weighted by Gasteiger charge is 2.28. The predicted octanol–water partition coefficient (Wildman–Crippen LogP) is 4.93. The molecule has 136 valence electrons. The zero-order chi connectivity index (χ0) is 19.0. The molecule has 0 unspecified atom stereocenters. The summed E-state index contributed by atoms with van der Waals surface area (Å²) in [5, 5.41) is 3.35. The summed E-state index contributed by atoms with van der Waals surface area (Å²) >= 11 is 15.8. The molecule has 0 aromatic heterocycles. The monoisotopic (exact) mass is 456 g/mol. The molecule has 2 aromatic rings. The van der Waals surface area contributed by atoms with Gasteiger partial charge in [0.25, 0.3) is 5.91 Å². The molecule has 0 fully saturated rings. The van der Waals surface area contributed by atoms with Crippen molar-refractivity contribution in [2.45, 2.75) is 13.3 Å². The van der Waals surface area contributed by atoms with Gasteiger partial charge in [0.15, 0.2) is 5.75 Å². The van der Waals surface area contributed by atoms with Crippen LogP contribution in [0.5, 0.6) is 5.75 Å². The quantitative estimate of drug-likeness (QED) is 0.711. The molecule has 5 nitrogen and oxygen atoms in total. The first-order valence-corrected chi connectivity index (χ1v) is 9.32. The van der Waals surface area contributed by atoms with Gasteiger partial charge in [-0.05, 0) is 36.2 Å². The molecule has 0 saturated heterocycles. The molecular weight excluding hydrogens is 443 g/mol. The number of amides is 2. The highest BCUT2D eigenvalue weighted by molar-refractivity contribution is 9.10. The molecule has 26 heavy (non-hydrogen) atoms. The Hall–Kier alpha value is -1.76. The lowest BCUT2D eigenvalue weighted by Crippen LogP contribution is -2.27. The number of hydrogen-bond acceptors (Lipinski definition) is 3. The molecule has 1 N–H and O–H groups in total. The third-order valence-electron chi connectivity index (χ3n) is 4.15. The van der Waals surface area contributed by atoms with Crippen molar-refractivity contribution < 1.29 is 14.3 Å². The molecule has 8 heteroatoms. The fourth-order valence-electron chi connectivity index (χ4n) is 3.05. The lowest BCUT2D eigenvalue weighted by atomic mass is 10.1. The van der Waals surface area contributed by atoms with Crippen molar-refractivity contribution in [3.63, 3.8) is 0 Å². The molecule has 0 saturated carbocycles. The van der Waals surface area contributed by atoms with E-state index in [1.807, 2.05) is 6.07 Å². The van der Waals surface area contributed by atoms with Crippen molar-refractivity contribution in [1.82, 2.24) is 0 Å². The van der Waals surface area contributed by atoms with E-state index in [1.165, 1.54) is 20.1 Å². The minimum Gasteiger partial charge on any atom is -0.494 e. The number of fused-ring (bicyclic) bond motifs is 1. The van der Waals surface area contributed by atoms with Gasteiger partial charge < -0.3 is 15.0 Å². The SMILES string of the molecule is COc1c(Cl)ccc(Cl)c1C(=O)Nc1cc(Br)cc2c1N(C(C)=O)CC2. The average Bonchev–Trinajstić information content (AvgIpc) is 3.00. The van der Waals surface area contributed by atoms with Crippen LogP contribution < -0.4 is 15.0 Å². The Bertz CT molecular complexity index is 918. The first-order valence-electron chi connectivity index (χ1n) is 7.77. The van der Waals surface area contributed by atoms with Crippen LogP contribution in [0.2, 0.25) is 10.0 Å². The van der Waals surface area contributed by atoms with E-state index in [-0.39, 0.29) is 27.3 Å². The highest BCUT2D eigenvalue weighted by atomic mass is 79.9. The van der Waals surface area contributed by atoms with Crippen LogP contribution in [-0.4, -0.2) is 25.5 Å². The van der Waals surface area contributed by atoms with Crippen molar-refractivity contribution in [1.29, 1.82) is 0 Å². The van der Waals surface area contributed by atoms with Crippen LogP contribution in [0.3, 0.4) is 0 Å². The van der Waals surface area contributed by atoms with Crippen LogP contribution in [0.1, 0.15) is 22.8 Å². The minimum absolute atomic E-state index is 0.0834. The van der Waals surface area contributed by atoms with E-state index >= 15 is 0 Å². The van der Waals surface area contributed by atoms with Crippen molar-refractivity contribution in [3.8, 4) is 5.75 Å². The molecule has 3 rings (SSSR count). The van der Waals surface area contributed by atoms with Crippen molar-refractivity contribution in [2.75, 3.05) is 23.9 Å². The number of nitrogens with one attached hydrogen (secondary N) is 1. The number of ether oxygens (including phenoxy) is 1. The lowest BCUT2D eigenvalue weighted by Gasteiger charge is -2.20. The Balaban J connectivity index is 2.05. The molecule has 0 spiro atoms. The van der Waals surface area contributed by atoms with E-state index in [1.54, 1.807) is 17.0 Å². The summed E-state index contributed by atoms with van der Waals surface area (Å²) in [6.07, 6.45) is 0.721. The van der Waals surface area contributed by atoms with Gasteiger partial charge in [-0.2, -0.15) is 0 Å².